The first-order chi connectivity index (χ1) is 7.25. The molecule has 0 saturated carbocycles. The molecule has 0 amide bonds. The lowest BCUT2D eigenvalue weighted by Crippen LogP contribution is -2.01. The molecule has 82 valence electrons. The highest BCUT2D eigenvalue weighted by atomic mass is 16.6. The maximum absolute atomic E-state index is 10.6. The minimum Gasteiger partial charge on any atom is -0.486 e. The van der Waals surface area contributed by atoms with Gasteiger partial charge in [0.2, 0.25) is 5.75 Å². The van der Waals surface area contributed by atoms with Crippen molar-refractivity contribution in [2.24, 2.45) is 0 Å². The van der Waals surface area contributed by atoms with Gasteiger partial charge in [-0.15, -0.1) is 0 Å². The van der Waals surface area contributed by atoms with Gasteiger partial charge in [-0.25, -0.2) is 0 Å². The second kappa shape index (κ2) is 5.95. The van der Waals surface area contributed by atoms with E-state index in [4.69, 9.17) is 4.74 Å². The number of aromatic nitrogens is 1. The molecule has 0 aliphatic heterocycles. The second-order valence-electron chi connectivity index (χ2n) is 3.14. The third-order valence-electron chi connectivity index (χ3n) is 1.93. The van der Waals surface area contributed by atoms with Crippen LogP contribution in [0, 0.1) is 10.1 Å². The molecule has 5 nitrogen and oxygen atoms in total. The van der Waals surface area contributed by atoms with Crippen LogP contribution in [0.4, 0.5) is 5.82 Å². The molecular formula is C10H14N2O3. The van der Waals surface area contributed by atoms with Crippen molar-refractivity contribution in [2.45, 2.75) is 26.2 Å². The molecule has 1 aromatic heterocycles. The molecule has 0 aromatic carbocycles. The molecule has 1 rings (SSSR count). The summed E-state index contributed by atoms with van der Waals surface area (Å²) in [5.41, 5.74) is 0. The fourth-order valence-electron chi connectivity index (χ4n) is 1.17. The number of hydrogen-bond acceptors (Lipinski definition) is 4. The Balaban J connectivity index is 2.56. The summed E-state index contributed by atoms with van der Waals surface area (Å²) in [5.74, 6) is 0.0348. The zero-order valence-corrected chi connectivity index (χ0v) is 8.68. The molecule has 5 heteroatoms. The Labute approximate surface area is 88.2 Å². The van der Waals surface area contributed by atoms with Crippen LogP contribution >= 0.6 is 0 Å². The quantitative estimate of drug-likeness (QED) is 0.411. The summed E-state index contributed by atoms with van der Waals surface area (Å²) in [5, 5.41) is 10.6. The van der Waals surface area contributed by atoms with Gasteiger partial charge in [-0.2, -0.15) is 0 Å². The zero-order chi connectivity index (χ0) is 11.1. The Bertz CT molecular complexity index is 328. The van der Waals surface area contributed by atoms with E-state index in [0.717, 1.165) is 19.3 Å². The fraction of sp³-hybridized carbons (Fsp3) is 0.500. The van der Waals surface area contributed by atoms with Gasteiger partial charge in [0.05, 0.1) is 6.61 Å². The van der Waals surface area contributed by atoms with Gasteiger partial charge in [-0.1, -0.05) is 19.8 Å². The van der Waals surface area contributed by atoms with Crippen molar-refractivity contribution in [3.05, 3.63) is 28.4 Å². The molecule has 0 atom stereocenters. The van der Waals surface area contributed by atoms with E-state index in [0.29, 0.717) is 6.61 Å². The van der Waals surface area contributed by atoms with E-state index in [-0.39, 0.29) is 11.6 Å². The first-order valence-electron chi connectivity index (χ1n) is 4.98. The highest BCUT2D eigenvalue weighted by Crippen LogP contribution is 2.22. The van der Waals surface area contributed by atoms with E-state index in [1.54, 1.807) is 12.1 Å². The highest BCUT2D eigenvalue weighted by Gasteiger charge is 2.14. The molecule has 0 saturated heterocycles. The van der Waals surface area contributed by atoms with Crippen LogP contribution in [0.25, 0.3) is 0 Å². The molecule has 1 aromatic rings. The van der Waals surface area contributed by atoms with E-state index >= 15 is 0 Å². The predicted molar refractivity (Wildman–Crippen MR) is 55.9 cm³/mol. The van der Waals surface area contributed by atoms with Crippen LogP contribution < -0.4 is 4.74 Å². The lowest BCUT2D eigenvalue weighted by Gasteiger charge is -2.04. The van der Waals surface area contributed by atoms with Gasteiger partial charge in [0, 0.05) is 0 Å². The summed E-state index contributed by atoms with van der Waals surface area (Å²) in [6, 6.07) is 3.19. The van der Waals surface area contributed by atoms with Gasteiger partial charge in [0.25, 0.3) is 0 Å². The van der Waals surface area contributed by atoms with Gasteiger partial charge in [0.1, 0.15) is 6.20 Å². The number of nitrogens with zero attached hydrogens (tertiary/aromatic N) is 2. The van der Waals surface area contributed by atoms with Crippen molar-refractivity contribution in [2.75, 3.05) is 6.61 Å². The standard InChI is InChI=1S/C10H14N2O3/c1-2-3-4-8-15-9-6-5-7-11-10(9)12(13)14/h5-7H,2-4,8H2,1H3. The van der Waals surface area contributed by atoms with Crippen LogP contribution in [0.3, 0.4) is 0 Å². The topological polar surface area (TPSA) is 65.3 Å². The third-order valence-corrected chi connectivity index (χ3v) is 1.93. The number of nitro groups is 1. The van der Waals surface area contributed by atoms with Gasteiger partial charge < -0.3 is 14.9 Å². The van der Waals surface area contributed by atoms with Crippen molar-refractivity contribution in [3.63, 3.8) is 0 Å². The van der Waals surface area contributed by atoms with Crippen molar-refractivity contribution in [1.82, 2.24) is 4.98 Å². The number of unbranched alkanes of at least 4 members (excludes halogenated alkanes) is 2. The van der Waals surface area contributed by atoms with Crippen molar-refractivity contribution < 1.29 is 9.66 Å². The van der Waals surface area contributed by atoms with E-state index in [2.05, 4.69) is 11.9 Å². The Morgan fingerprint density at radius 3 is 3.00 bits per heavy atom. The zero-order valence-electron chi connectivity index (χ0n) is 8.68. The minimum atomic E-state index is -0.533. The Hall–Kier alpha value is -1.65. The first kappa shape index (κ1) is 11.4. The van der Waals surface area contributed by atoms with E-state index in [9.17, 15) is 10.1 Å². The number of rotatable bonds is 6. The largest absolute Gasteiger partial charge is 0.486 e. The van der Waals surface area contributed by atoms with Crippen molar-refractivity contribution in [1.29, 1.82) is 0 Å². The van der Waals surface area contributed by atoms with Crippen LogP contribution in [0.2, 0.25) is 0 Å². The Morgan fingerprint density at radius 2 is 2.33 bits per heavy atom. The number of ether oxygens (including phenoxy) is 1. The predicted octanol–water partition coefficient (Wildman–Crippen LogP) is 2.56. The van der Waals surface area contributed by atoms with E-state index in [1.807, 2.05) is 0 Å². The molecule has 0 fully saturated rings. The van der Waals surface area contributed by atoms with Crippen molar-refractivity contribution >= 4 is 5.82 Å². The van der Waals surface area contributed by atoms with Crippen LogP contribution in [0.1, 0.15) is 26.2 Å². The molecular weight excluding hydrogens is 196 g/mol. The van der Waals surface area contributed by atoms with Gasteiger partial charge >= 0.3 is 5.82 Å². The minimum absolute atomic E-state index is 0.214. The smallest absolute Gasteiger partial charge is 0.406 e. The summed E-state index contributed by atoms with van der Waals surface area (Å²) >= 11 is 0. The maximum atomic E-state index is 10.6. The summed E-state index contributed by atoms with van der Waals surface area (Å²) in [6.45, 7) is 2.59. The third kappa shape index (κ3) is 3.53. The molecule has 0 aliphatic carbocycles. The molecule has 0 N–H and O–H groups in total. The molecule has 0 bridgehead atoms. The Kier molecular flexibility index (Phi) is 4.53. The number of hydrogen-bond donors (Lipinski definition) is 0. The van der Waals surface area contributed by atoms with E-state index < -0.39 is 4.92 Å². The molecule has 1 heterocycles. The van der Waals surface area contributed by atoms with Crippen molar-refractivity contribution in [3.8, 4) is 5.75 Å². The van der Waals surface area contributed by atoms with Gasteiger partial charge in [-0.05, 0) is 28.5 Å². The Morgan fingerprint density at radius 1 is 1.53 bits per heavy atom. The SMILES string of the molecule is CCCCCOc1cccnc1[N+](=O)[O-]. The first-order valence-corrected chi connectivity index (χ1v) is 4.98. The molecule has 0 aliphatic rings. The summed E-state index contributed by atoms with van der Waals surface area (Å²) in [4.78, 5) is 13.7. The average molecular weight is 210 g/mol. The van der Waals surface area contributed by atoms with Crippen LogP contribution in [0.5, 0.6) is 5.75 Å². The lowest BCUT2D eigenvalue weighted by atomic mass is 10.3. The normalized spacial score (nSPS) is 9.93. The van der Waals surface area contributed by atoms with E-state index in [1.165, 1.54) is 6.20 Å². The average Bonchev–Trinajstić information content (AvgIpc) is 2.25. The monoisotopic (exact) mass is 210 g/mol. The summed E-state index contributed by atoms with van der Waals surface area (Å²) in [6.07, 6.45) is 4.45. The van der Waals surface area contributed by atoms with Gasteiger partial charge in [-0.3, -0.25) is 0 Å². The molecule has 0 unspecified atom stereocenters. The summed E-state index contributed by atoms with van der Waals surface area (Å²) < 4.78 is 5.30. The number of pyridine rings is 1. The van der Waals surface area contributed by atoms with Crippen LogP contribution in [-0.4, -0.2) is 16.5 Å². The van der Waals surface area contributed by atoms with Crippen LogP contribution in [-0.2, 0) is 0 Å². The fourth-order valence-corrected chi connectivity index (χ4v) is 1.17. The molecule has 15 heavy (non-hydrogen) atoms. The molecule has 0 radical (unpaired) electrons. The summed E-state index contributed by atoms with van der Waals surface area (Å²) in [7, 11) is 0. The van der Waals surface area contributed by atoms with Gasteiger partial charge in [0.15, 0.2) is 0 Å². The van der Waals surface area contributed by atoms with Crippen LogP contribution in [0.15, 0.2) is 18.3 Å². The second-order valence-corrected chi connectivity index (χ2v) is 3.14. The lowest BCUT2D eigenvalue weighted by molar-refractivity contribution is -0.390. The highest BCUT2D eigenvalue weighted by molar-refractivity contribution is 5.38. The molecule has 0 spiro atoms. The maximum Gasteiger partial charge on any atom is 0.406 e.